The third-order valence-corrected chi connectivity index (χ3v) is 4.01. The van der Waals surface area contributed by atoms with Gasteiger partial charge in [0.1, 0.15) is 0 Å². The van der Waals surface area contributed by atoms with Crippen LogP contribution >= 0.6 is 35.6 Å². The summed E-state index contributed by atoms with van der Waals surface area (Å²) in [7, 11) is 3.27. The van der Waals surface area contributed by atoms with Gasteiger partial charge in [0.15, 0.2) is 17.5 Å². The van der Waals surface area contributed by atoms with E-state index in [0.29, 0.717) is 47.7 Å². The predicted molar refractivity (Wildman–Crippen MR) is 128 cm³/mol. The summed E-state index contributed by atoms with van der Waals surface area (Å²) in [6.07, 6.45) is 0. The first-order chi connectivity index (χ1) is 13.6. The molecule has 0 radical (unpaired) electrons. The van der Waals surface area contributed by atoms with Gasteiger partial charge in [-0.05, 0) is 43.3 Å². The van der Waals surface area contributed by atoms with E-state index in [-0.39, 0.29) is 29.9 Å². The van der Waals surface area contributed by atoms with Crippen molar-refractivity contribution in [2.45, 2.75) is 6.92 Å². The van der Waals surface area contributed by atoms with Crippen molar-refractivity contribution in [3.05, 3.63) is 53.1 Å². The Labute approximate surface area is 193 Å². The molecule has 0 saturated heterocycles. The van der Waals surface area contributed by atoms with Crippen LogP contribution in [0.1, 0.15) is 17.3 Å². The SMILES string of the molecule is CCOc1ccc(NC(=NC)NCCNC(=O)c2ccc(Cl)cc2)cc1OC.I. The second kappa shape index (κ2) is 13.1. The molecule has 0 heterocycles. The summed E-state index contributed by atoms with van der Waals surface area (Å²) in [6, 6.07) is 12.3. The summed E-state index contributed by atoms with van der Waals surface area (Å²) < 4.78 is 10.9. The van der Waals surface area contributed by atoms with Crippen molar-refractivity contribution < 1.29 is 14.3 Å². The van der Waals surface area contributed by atoms with Crippen LogP contribution in [0.25, 0.3) is 0 Å². The molecule has 0 aliphatic heterocycles. The minimum absolute atomic E-state index is 0. The molecule has 7 nitrogen and oxygen atoms in total. The zero-order valence-corrected chi connectivity index (χ0v) is 19.7. The van der Waals surface area contributed by atoms with Crippen molar-refractivity contribution in [3.63, 3.8) is 0 Å². The molecule has 0 atom stereocenters. The number of anilines is 1. The highest BCUT2D eigenvalue weighted by Crippen LogP contribution is 2.30. The van der Waals surface area contributed by atoms with E-state index in [9.17, 15) is 4.79 Å². The number of rotatable bonds is 8. The van der Waals surface area contributed by atoms with E-state index < -0.39 is 0 Å². The Balaban J connectivity index is 0.00000420. The van der Waals surface area contributed by atoms with E-state index in [2.05, 4.69) is 20.9 Å². The van der Waals surface area contributed by atoms with Gasteiger partial charge in [-0.25, -0.2) is 0 Å². The van der Waals surface area contributed by atoms with Crippen molar-refractivity contribution in [1.29, 1.82) is 0 Å². The number of carbonyl (C=O) groups excluding carboxylic acids is 1. The molecule has 0 bridgehead atoms. The fraction of sp³-hybridized carbons (Fsp3) is 0.300. The first-order valence-electron chi connectivity index (χ1n) is 8.89. The summed E-state index contributed by atoms with van der Waals surface area (Å²) in [5, 5.41) is 9.75. The van der Waals surface area contributed by atoms with Gasteiger partial charge < -0.3 is 25.4 Å². The molecule has 2 rings (SSSR count). The second-order valence-electron chi connectivity index (χ2n) is 5.69. The lowest BCUT2D eigenvalue weighted by atomic mass is 10.2. The van der Waals surface area contributed by atoms with Crippen LogP contribution in [0.3, 0.4) is 0 Å². The van der Waals surface area contributed by atoms with Gasteiger partial charge in [0.25, 0.3) is 5.91 Å². The number of nitrogens with one attached hydrogen (secondary N) is 3. The van der Waals surface area contributed by atoms with Gasteiger partial charge in [0, 0.05) is 42.5 Å². The topological polar surface area (TPSA) is 84.0 Å². The van der Waals surface area contributed by atoms with Crippen LogP contribution in [0.15, 0.2) is 47.5 Å². The summed E-state index contributed by atoms with van der Waals surface area (Å²) in [4.78, 5) is 16.2. The van der Waals surface area contributed by atoms with E-state index in [1.54, 1.807) is 38.4 Å². The molecule has 0 spiro atoms. The van der Waals surface area contributed by atoms with Crippen LogP contribution in [0.2, 0.25) is 5.02 Å². The maximum Gasteiger partial charge on any atom is 0.251 e. The molecule has 0 fully saturated rings. The van der Waals surface area contributed by atoms with Crippen LogP contribution < -0.4 is 25.4 Å². The Morgan fingerprint density at radius 3 is 2.38 bits per heavy atom. The van der Waals surface area contributed by atoms with E-state index >= 15 is 0 Å². The molecule has 29 heavy (non-hydrogen) atoms. The molecule has 2 aromatic carbocycles. The largest absolute Gasteiger partial charge is 0.493 e. The van der Waals surface area contributed by atoms with Crippen LogP contribution in [0.4, 0.5) is 5.69 Å². The quantitative estimate of drug-likeness (QED) is 0.209. The summed E-state index contributed by atoms with van der Waals surface area (Å²) >= 11 is 5.83. The van der Waals surface area contributed by atoms with Gasteiger partial charge >= 0.3 is 0 Å². The molecule has 9 heteroatoms. The lowest BCUT2D eigenvalue weighted by Crippen LogP contribution is -2.37. The molecule has 2 aromatic rings. The fourth-order valence-corrected chi connectivity index (χ4v) is 2.52. The summed E-state index contributed by atoms with van der Waals surface area (Å²) in [6.45, 7) is 3.43. The number of ether oxygens (including phenoxy) is 2. The average molecular weight is 533 g/mol. The first kappa shape index (κ1) is 24.8. The number of halogens is 2. The van der Waals surface area contributed by atoms with Gasteiger partial charge in [-0.3, -0.25) is 9.79 Å². The first-order valence-corrected chi connectivity index (χ1v) is 9.27. The molecule has 3 N–H and O–H groups in total. The van der Waals surface area contributed by atoms with Gasteiger partial charge in [-0.1, -0.05) is 11.6 Å². The summed E-state index contributed by atoms with van der Waals surface area (Å²) in [5.41, 5.74) is 1.37. The van der Waals surface area contributed by atoms with E-state index in [1.165, 1.54) is 0 Å². The van der Waals surface area contributed by atoms with Crippen LogP contribution in [-0.2, 0) is 0 Å². The van der Waals surface area contributed by atoms with Crippen molar-refractivity contribution in [2.24, 2.45) is 4.99 Å². The van der Waals surface area contributed by atoms with E-state index in [0.717, 1.165) is 5.69 Å². The molecule has 0 aliphatic rings. The Morgan fingerprint density at radius 1 is 1.07 bits per heavy atom. The zero-order chi connectivity index (χ0) is 20.4. The van der Waals surface area contributed by atoms with Gasteiger partial charge in [-0.2, -0.15) is 0 Å². The van der Waals surface area contributed by atoms with Gasteiger partial charge in [-0.15, -0.1) is 24.0 Å². The number of hydrogen-bond acceptors (Lipinski definition) is 4. The lowest BCUT2D eigenvalue weighted by molar-refractivity contribution is 0.0954. The highest BCUT2D eigenvalue weighted by Gasteiger charge is 2.07. The molecule has 0 unspecified atom stereocenters. The molecule has 0 aliphatic carbocycles. The van der Waals surface area contributed by atoms with Crippen LogP contribution in [0.5, 0.6) is 11.5 Å². The Morgan fingerprint density at radius 2 is 1.76 bits per heavy atom. The number of aliphatic imine (C=N–C) groups is 1. The highest BCUT2D eigenvalue weighted by molar-refractivity contribution is 14.0. The standard InChI is InChI=1S/C20H25ClN4O3.HI/c1-4-28-17-10-9-16(13-18(17)27-3)25-20(22-2)24-12-11-23-19(26)14-5-7-15(21)8-6-14;/h5-10,13H,4,11-12H2,1-3H3,(H,23,26)(H2,22,24,25);1H. The van der Waals surface area contributed by atoms with Crippen LogP contribution in [-0.4, -0.2) is 45.7 Å². The molecule has 158 valence electrons. The van der Waals surface area contributed by atoms with Crippen LogP contribution in [0, 0.1) is 0 Å². The minimum atomic E-state index is -0.155. The Kier molecular flexibility index (Phi) is 11.2. The molecule has 1 amide bonds. The smallest absolute Gasteiger partial charge is 0.251 e. The molecular weight excluding hydrogens is 507 g/mol. The molecule has 0 saturated carbocycles. The molecular formula is C20H26ClIN4O3. The lowest BCUT2D eigenvalue weighted by Gasteiger charge is -2.15. The van der Waals surface area contributed by atoms with E-state index in [1.807, 2.05) is 25.1 Å². The normalized spacial score (nSPS) is 10.6. The van der Waals surface area contributed by atoms with Crippen molar-refractivity contribution in [1.82, 2.24) is 10.6 Å². The second-order valence-corrected chi connectivity index (χ2v) is 6.12. The highest BCUT2D eigenvalue weighted by atomic mass is 127. The number of guanidine groups is 1. The maximum atomic E-state index is 12.1. The Hall–Kier alpha value is -2.20. The minimum Gasteiger partial charge on any atom is -0.493 e. The fourth-order valence-electron chi connectivity index (χ4n) is 2.40. The van der Waals surface area contributed by atoms with Crippen molar-refractivity contribution in [2.75, 3.05) is 39.2 Å². The van der Waals surface area contributed by atoms with Gasteiger partial charge in [0.05, 0.1) is 13.7 Å². The monoisotopic (exact) mass is 532 g/mol. The number of benzene rings is 2. The zero-order valence-electron chi connectivity index (χ0n) is 16.6. The average Bonchev–Trinajstić information content (AvgIpc) is 2.71. The maximum absolute atomic E-state index is 12.1. The number of nitrogens with zero attached hydrogens (tertiary/aromatic N) is 1. The third-order valence-electron chi connectivity index (χ3n) is 3.76. The Bertz CT molecular complexity index is 816. The third kappa shape index (κ3) is 7.98. The van der Waals surface area contributed by atoms with Crippen molar-refractivity contribution >= 4 is 53.1 Å². The number of methoxy groups -OCH3 is 1. The summed E-state index contributed by atoms with van der Waals surface area (Å²) in [5.74, 6) is 1.74. The van der Waals surface area contributed by atoms with Crippen molar-refractivity contribution in [3.8, 4) is 11.5 Å². The number of carbonyl (C=O) groups is 1. The van der Waals surface area contributed by atoms with E-state index in [4.69, 9.17) is 21.1 Å². The molecule has 0 aromatic heterocycles. The predicted octanol–water partition coefficient (Wildman–Crippen LogP) is 3.78. The number of hydrogen-bond donors (Lipinski definition) is 3. The van der Waals surface area contributed by atoms with Gasteiger partial charge in [0.2, 0.25) is 0 Å². The number of amides is 1.